The van der Waals surface area contributed by atoms with Crippen molar-refractivity contribution in [2.75, 3.05) is 5.32 Å². The molecule has 2 rings (SSSR count). The zero-order chi connectivity index (χ0) is 14.0. The van der Waals surface area contributed by atoms with E-state index in [2.05, 4.69) is 20.5 Å². The smallest absolute Gasteiger partial charge is 0.339 e. The van der Waals surface area contributed by atoms with Gasteiger partial charge in [0, 0.05) is 4.88 Å². The van der Waals surface area contributed by atoms with Crippen molar-refractivity contribution >= 4 is 23.1 Å². The summed E-state index contributed by atoms with van der Waals surface area (Å²) in [5, 5.41) is 20.7. The third kappa shape index (κ3) is 2.87. The maximum atomic E-state index is 11.1. The van der Waals surface area contributed by atoms with Crippen LogP contribution in [0.3, 0.4) is 0 Å². The van der Waals surface area contributed by atoms with Crippen LogP contribution in [0.4, 0.5) is 5.82 Å². The fourth-order valence-corrected chi connectivity index (χ4v) is 2.76. The van der Waals surface area contributed by atoms with Crippen molar-refractivity contribution in [1.82, 2.24) is 15.2 Å². The Kier molecular flexibility index (Phi) is 3.75. The van der Waals surface area contributed by atoms with Crippen molar-refractivity contribution in [2.45, 2.75) is 26.8 Å². The molecule has 1 unspecified atom stereocenters. The number of anilines is 1. The molecule has 7 heteroatoms. The van der Waals surface area contributed by atoms with Gasteiger partial charge in [-0.3, -0.25) is 0 Å². The summed E-state index contributed by atoms with van der Waals surface area (Å²) in [4.78, 5) is 16.5. The van der Waals surface area contributed by atoms with Gasteiger partial charge in [0.1, 0.15) is 5.56 Å². The van der Waals surface area contributed by atoms with Gasteiger partial charge in [0.15, 0.2) is 5.82 Å². The summed E-state index contributed by atoms with van der Waals surface area (Å²) < 4.78 is 0. The monoisotopic (exact) mass is 278 g/mol. The van der Waals surface area contributed by atoms with E-state index in [1.54, 1.807) is 11.3 Å². The largest absolute Gasteiger partial charge is 0.478 e. The molecule has 2 N–H and O–H groups in total. The van der Waals surface area contributed by atoms with Crippen LogP contribution in [0, 0.1) is 13.8 Å². The predicted molar refractivity (Wildman–Crippen MR) is 72.6 cm³/mol. The van der Waals surface area contributed by atoms with E-state index in [9.17, 15) is 4.79 Å². The summed E-state index contributed by atoms with van der Waals surface area (Å²) in [7, 11) is 0. The highest BCUT2D eigenvalue weighted by Crippen LogP contribution is 2.27. The molecule has 0 bridgehead atoms. The van der Waals surface area contributed by atoms with Crippen LogP contribution in [-0.4, -0.2) is 26.3 Å². The average molecular weight is 278 g/mol. The molecule has 6 nitrogen and oxygen atoms in total. The number of aromatic nitrogens is 3. The molecule has 0 saturated carbocycles. The van der Waals surface area contributed by atoms with Gasteiger partial charge in [-0.15, -0.1) is 16.4 Å². The van der Waals surface area contributed by atoms with E-state index in [1.807, 2.05) is 20.8 Å². The number of carboxylic acid groups (broad SMARTS) is 1. The molecule has 19 heavy (non-hydrogen) atoms. The molecule has 2 aromatic heterocycles. The van der Waals surface area contributed by atoms with Gasteiger partial charge in [0.2, 0.25) is 0 Å². The van der Waals surface area contributed by atoms with E-state index >= 15 is 0 Å². The highest BCUT2D eigenvalue weighted by Gasteiger charge is 2.17. The minimum Gasteiger partial charge on any atom is -0.478 e. The van der Waals surface area contributed by atoms with Gasteiger partial charge in [-0.2, -0.15) is 5.10 Å². The topological polar surface area (TPSA) is 88.0 Å². The lowest BCUT2D eigenvalue weighted by molar-refractivity contribution is 0.0697. The number of rotatable bonds is 4. The number of thiazole rings is 1. The van der Waals surface area contributed by atoms with Gasteiger partial charge in [-0.1, -0.05) is 0 Å². The quantitative estimate of drug-likeness (QED) is 0.893. The first-order valence-electron chi connectivity index (χ1n) is 5.74. The highest BCUT2D eigenvalue weighted by atomic mass is 32.1. The lowest BCUT2D eigenvalue weighted by Gasteiger charge is -2.14. The van der Waals surface area contributed by atoms with E-state index in [4.69, 9.17) is 5.11 Å². The van der Waals surface area contributed by atoms with Gasteiger partial charge in [0.25, 0.3) is 0 Å². The van der Waals surface area contributed by atoms with Gasteiger partial charge in [-0.25, -0.2) is 9.78 Å². The number of nitrogens with zero attached hydrogens (tertiary/aromatic N) is 3. The third-order valence-electron chi connectivity index (χ3n) is 2.64. The van der Waals surface area contributed by atoms with Crippen molar-refractivity contribution in [2.24, 2.45) is 0 Å². The Labute approximate surface area is 114 Å². The summed E-state index contributed by atoms with van der Waals surface area (Å²) in [6.07, 6.45) is 1.36. The zero-order valence-electron chi connectivity index (χ0n) is 10.8. The second-order valence-corrected chi connectivity index (χ2v) is 5.38. The zero-order valence-corrected chi connectivity index (χ0v) is 11.7. The molecule has 0 aliphatic carbocycles. The number of carboxylic acids is 1. The highest BCUT2D eigenvalue weighted by molar-refractivity contribution is 7.11. The van der Waals surface area contributed by atoms with Crippen LogP contribution in [0.25, 0.3) is 0 Å². The van der Waals surface area contributed by atoms with E-state index in [1.165, 1.54) is 12.3 Å². The summed E-state index contributed by atoms with van der Waals surface area (Å²) >= 11 is 1.59. The third-order valence-corrected chi connectivity index (χ3v) is 3.89. The molecule has 0 spiro atoms. The van der Waals surface area contributed by atoms with Crippen LogP contribution in [-0.2, 0) is 0 Å². The maximum Gasteiger partial charge on any atom is 0.339 e. The molecule has 2 heterocycles. The number of aromatic carboxylic acids is 1. The van der Waals surface area contributed by atoms with Gasteiger partial charge >= 0.3 is 5.97 Å². The number of carbonyl (C=O) groups is 1. The molecule has 0 aliphatic heterocycles. The van der Waals surface area contributed by atoms with E-state index in [0.29, 0.717) is 0 Å². The molecule has 0 fully saturated rings. The molecule has 2 aromatic rings. The molecule has 100 valence electrons. The number of nitrogens with one attached hydrogen (secondary N) is 1. The Bertz CT molecular complexity index is 612. The molecule has 0 radical (unpaired) electrons. The predicted octanol–water partition coefficient (Wildman–Crippen LogP) is 2.42. The number of hydrogen-bond acceptors (Lipinski definition) is 6. The fourth-order valence-electron chi connectivity index (χ4n) is 1.83. The van der Waals surface area contributed by atoms with Crippen molar-refractivity contribution in [3.05, 3.63) is 33.4 Å². The molecular weight excluding hydrogens is 264 g/mol. The Hall–Kier alpha value is -2.02. The van der Waals surface area contributed by atoms with Crippen LogP contribution in [0.1, 0.15) is 38.9 Å². The van der Waals surface area contributed by atoms with Gasteiger partial charge in [-0.05, 0) is 26.8 Å². The first-order chi connectivity index (χ1) is 8.99. The minimum atomic E-state index is -1.03. The SMILES string of the molecule is Cc1nc(C)c(C(C)Nc2nnccc2C(=O)O)s1. The lowest BCUT2D eigenvalue weighted by atomic mass is 10.2. The first-order valence-corrected chi connectivity index (χ1v) is 6.56. The second-order valence-electron chi connectivity index (χ2n) is 4.15. The molecule has 0 aliphatic rings. The Balaban J connectivity index is 2.26. The van der Waals surface area contributed by atoms with Crippen LogP contribution < -0.4 is 5.32 Å². The maximum absolute atomic E-state index is 11.1. The minimum absolute atomic E-state index is 0.0685. The van der Waals surface area contributed by atoms with Crippen LogP contribution >= 0.6 is 11.3 Å². The van der Waals surface area contributed by atoms with E-state index in [-0.39, 0.29) is 17.4 Å². The van der Waals surface area contributed by atoms with E-state index in [0.717, 1.165) is 15.6 Å². The molecule has 0 saturated heterocycles. The number of aryl methyl sites for hydroxylation is 2. The lowest BCUT2D eigenvalue weighted by Crippen LogP contribution is -2.12. The standard InChI is InChI=1S/C12H14N4O2S/c1-6-10(19-8(3)14-6)7(2)15-11-9(12(17)18)4-5-13-16-11/h4-5,7H,1-3H3,(H,15,16)(H,17,18). The summed E-state index contributed by atoms with van der Waals surface area (Å²) in [5.41, 5.74) is 1.06. The number of hydrogen-bond donors (Lipinski definition) is 2. The normalized spacial score (nSPS) is 12.2. The van der Waals surface area contributed by atoms with Crippen LogP contribution in [0.15, 0.2) is 12.3 Å². The molecule has 0 aromatic carbocycles. The molecular formula is C12H14N4O2S. The van der Waals surface area contributed by atoms with Gasteiger partial charge < -0.3 is 10.4 Å². The van der Waals surface area contributed by atoms with Gasteiger partial charge in [0.05, 0.1) is 22.9 Å². The summed E-state index contributed by atoms with van der Waals surface area (Å²) in [6.45, 7) is 5.82. The second kappa shape index (κ2) is 5.31. The Morgan fingerprint density at radius 3 is 2.79 bits per heavy atom. The average Bonchev–Trinajstić information content (AvgIpc) is 2.69. The van der Waals surface area contributed by atoms with Crippen LogP contribution in [0.2, 0.25) is 0 Å². The van der Waals surface area contributed by atoms with Crippen molar-refractivity contribution in [1.29, 1.82) is 0 Å². The molecule has 1 atom stereocenters. The first kappa shape index (κ1) is 13.4. The Morgan fingerprint density at radius 2 is 2.21 bits per heavy atom. The van der Waals surface area contributed by atoms with Crippen molar-refractivity contribution < 1.29 is 9.90 Å². The molecule has 0 amide bonds. The Morgan fingerprint density at radius 1 is 1.47 bits per heavy atom. The fraction of sp³-hybridized carbons (Fsp3) is 0.333. The van der Waals surface area contributed by atoms with E-state index < -0.39 is 5.97 Å². The summed E-state index contributed by atoms with van der Waals surface area (Å²) in [6, 6.07) is 1.36. The van der Waals surface area contributed by atoms with Crippen molar-refractivity contribution in [3.63, 3.8) is 0 Å². The van der Waals surface area contributed by atoms with Crippen LogP contribution in [0.5, 0.6) is 0 Å². The van der Waals surface area contributed by atoms with Crippen molar-refractivity contribution in [3.8, 4) is 0 Å². The summed E-state index contributed by atoms with van der Waals surface area (Å²) in [5.74, 6) is -0.755.